The molecule has 4 atom stereocenters. The van der Waals surface area contributed by atoms with Gasteiger partial charge in [0, 0.05) is 26.0 Å². The molecule has 0 bridgehead atoms. The average Bonchev–Trinajstić information content (AvgIpc) is 3.48. The molecule has 4 N–H and O–H groups in total. The van der Waals surface area contributed by atoms with E-state index in [-0.39, 0.29) is 51.0 Å². The smallest absolute Gasteiger partial charge is 0.303 e. The Hall–Kier alpha value is -2.79. The molecule has 0 aromatic carbocycles. The quantitative estimate of drug-likeness (QED) is 0.127. The Balaban J connectivity index is 1.76. The van der Waals surface area contributed by atoms with Gasteiger partial charge >= 0.3 is 5.97 Å². The number of amides is 2. The minimum atomic E-state index is -0.930. The van der Waals surface area contributed by atoms with E-state index in [0.29, 0.717) is 49.2 Å². The molecule has 1 aromatic rings. The Morgan fingerprint density at radius 3 is 2.55 bits per heavy atom. The molecule has 3 rings (SSSR count). The summed E-state index contributed by atoms with van der Waals surface area (Å²) in [6.45, 7) is 1.92. The molecule has 40 heavy (non-hydrogen) atoms. The first-order chi connectivity index (χ1) is 19.2. The number of carbonyl (C=O) groups excluding carboxylic acids is 2. The zero-order chi connectivity index (χ0) is 29.2. The molecule has 0 saturated carbocycles. The summed E-state index contributed by atoms with van der Waals surface area (Å²) >= 11 is 0. The lowest BCUT2D eigenvalue weighted by molar-refractivity contribution is -0.141. The molecule has 1 aromatic heterocycles. The third-order valence-corrected chi connectivity index (χ3v) is 7.92. The normalized spacial score (nSPS) is 22.3. The molecule has 10 heteroatoms. The molecule has 2 aliphatic rings. The van der Waals surface area contributed by atoms with E-state index in [9.17, 15) is 29.7 Å². The number of hydrogen-bond acceptors (Lipinski definition) is 8. The molecule has 0 unspecified atom stereocenters. The minimum Gasteiger partial charge on any atom is -0.481 e. The van der Waals surface area contributed by atoms with Gasteiger partial charge in [0.25, 0.3) is 0 Å². The standard InChI is InChI=1S/C30H43NO9/c1-3-7-19(14-21-10-11-22(16-32)40-21)9-12-25(34)27-20(18-39-2)15-23-28(24(27)17-33)30(38)31(29(23)37)13-6-4-5-8-26(35)36/h10-11,14,23-25,28,32-34H,3-9,12-13,15-18H2,1-2H3,(H,35,36)/b19-14+/t23-,24+,25-,28-/m1/s1. The highest BCUT2D eigenvalue weighted by Crippen LogP contribution is 2.46. The van der Waals surface area contributed by atoms with Gasteiger partial charge < -0.3 is 29.6 Å². The zero-order valence-corrected chi connectivity index (χ0v) is 23.5. The number of aliphatic hydroxyl groups excluding tert-OH is 3. The number of rotatable bonds is 17. The van der Waals surface area contributed by atoms with Crippen LogP contribution in [-0.2, 0) is 25.7 Å². The van der Waals surface area contributed by atoms with Crippen LogP contribution in [0.4, 0.5) is 0 Å². The fourth-order valence-corrected chi connectivity index (χ4v) is 6.10. The number of carboxylic acids is 1. The minimum absolute atomic E-state index is 0.0473. The highest BCUT2D eigenvalue weighted by Gasteiger charge is 2.54. The number of unbranched alkanes of at least 4 members (excludes halogenated alkanes) is 2. The fraction of sp³-hybridized carbons (Fsp3) is 0.633. The molecule has 10 nitrogen and oxygen atoms in total. The highest BCUT2D eigenvalue weighted by atomic mass is 16.5. The Morgan fingerprint density at radius 1 is 1.15 bits per heavy atom. The van der Waals surface area contributed by atoms with Crippen LogP contribution in [0.3, 0.4) is 0 Å². The van der Waals surface area contributed by atoms with Crippen LogP contribution in [0.15, 0.2) is 33.3 Å². The van der Waals surface area contributed by atoms with Crippen LogP contribution >= 0.6 is 0 Å². The third-order valence-electron chi connectivity index (χ3n) is 7.92. The maximum atomic E-state index is 13.4. The van der Waals surface area contributed by atoms with Crippen molar-refractivity contribution in [2.45, 2.75) is 77.4 Å². The topological polar surface area (TPSA) is 158 Å². The lowest BCUT2D eigenvalue weighted by Gasteiger charge is -2.36. The van der Waals surface area contributed by atoms with E-state index in [1.54, 1.807) is 12.1 Å². The van der Waals surface area contributed by atoms with Crippen molar-refractivity contribution >= 4 is 23.9 Å². The van der Waals surface area contributed by atoms with Gasteiger partial charge in [-0.3, -0.25) is 19.3 Å². The van der Waals surface area contributed by atoms with Crippen LogP contribution in [0.5, 0.6) is 0 Å². The monoisotopic (exact) mass is 561 g/mol. The first-order valence-corrected chi connectivity index (χ1v) is 14.2. The van der Waals surface area contributed by atoms with E-state index < -0.39 is 29.8 Å². The van der Waals surface area contributed by atoms with Crippen LogP contribution < -0.4 is 0 Å². The third kappa shape index (κ3) is 7.69. The van der Waals surface area contributed by atoms with Crippen molar-refractivity contribution in [2.75, 3.05) is 26.9 Å². The number of ether oxygens (including phenoxy) is 1. The van der Waals surface area contributed by atoms with Crippen LogP contribution in [0.2, 0.25) is 0 Å². The maximum Gasteiger partial charge on any atom is 0.303 e. The molecule has 1 saturated heterocycles. The Labute approximate surface area is 235 Å². The van der Waals surface area contributed by atoms with Gasteiger partial charge in [-0.1, -0.05) is 25.3 Å². The zero-order valence-electron chi connectivity index (χ0n) is 23.5. The highest BCUT2D eigenvalue weighted by molar-refractivity contribution is 6.05. The lowest BCUT2D eigenvalue weighted by atomic mass is 9.68. The van der Waals surface area contributed by atoms with Gasteiger partial charge in [-0.2, -0.15) is 0 Å². The number of furan rings is 1. The summed E-state index contributed by atoms with van der Waals surface area (Å²) in [4.78, 5) is 38.7. The number of hydrogen-bond donors (Lipinski definition) is 4. The van der Waals surface area contributed by atoms with Crippen molar-refractivity contribution in [3.05, 3.63) is 40.4 Å². The fourth-order valence-electron chi connectivity index (χ4n) is 6.10. The summed E-state index contributed by atoms with van der Waals surface area (Å²) in [7, 11) is 1.54. The van der Waals surface area contributed by atoms with Gasteiger partial charge in [0.05, 0.1) is 31.2 Å². The number of methoxy groups -OCH3 is 1. The number of aliphatic hydroxyl groups is 3. The second kappa shape index (κ2) is 15.3. The van der Waals surface area contributed by atoms with Gasteiger partial charge in [0.1, 0.15) is 18.1 Å². The van der Waals surface area contributed by atoms with Gasteiger partial charge in [-0.15, -0.1) is 0 Å². The van der Waals surface area contributed by atoms with E-state index in [4.69, 9.17) is 14.3 Å². The van der Waals surface area contributed by atoms with Crippen molar-refractivity contribution in [3.8, 4) is 0 Å². The predicted molar refractivity (Wildman–Crippen MR) is 147 cm³/mol. The van der Waals surface area contributed by atoms with Gasteiger partial charge in [-0.05, 0) is 67.9 Å². The molecule has 0 spiro atoms. The largest absolute Gasteiger partial charge is 0.481 e. The second-order valence-corrected chi connectivity index (χ2v) is 10.7. The molecule has 222 valence electrons. The van der Waals surface area contributed by atoms with Gasteiger partial charge in [-0.25, -0.2) is 0 Å². The molecule has 0 radical (unpaired) electrons. The van der Waals surface area contributed by atoms with Crippen molar-refractivity contribution in [1.29, 1.82) is 0 Å². The molecular formula is C30H43NO9. The molecule has 1 aliphatic heterocycles. The van der Waals surface area contributed by atoms with Crippen LogP contribution in [-0.4, -0.2) is 76.1 Å². The van der Waals surface area contributed by atoms with Crippen molar-refractivity contribution < 1.29 is 44.0 Å². The van der Waals surface area contributed by atoms with E-state index in [0.717, 1.165) is 24.0 Å². The molecule has 2 amide bonds. The second-order valence-electron chi connectivity index (χ2n) is 10.7. The van der Waals surface area contributed by atoms with Crippen molar-refractivity contribution in [3.63, 3.8) is 0 Å². The van der Waals surface area contributed by atoms with Crippen LogP contribution in [0, 0.1) is 17.8 Å². The van der Waals surface area contributed by atoms with Crippen LogP contribution in [0.1, 0.15) is 76.2 Å². The average molecular weight is 562 g/mol. The predicted octanol–water partition coefficient (Wildman–Crippen LogP) is 3.30. The maximum absolute atomic E-state index is 13.4. The number of nitrogens with zero attached hydrogens (tertiary/aromatic N) is 1. The summed E-state index contributed by atoms with van der Waals surface area (Å²) in [5, 5.41) is 40.0. The summed E-state index contributed by atoms with van der Waals surface area (Å²) in [6.07, 6.45) is 5.55. The number of allylic oxidation sites excluding steroid dienone is 1. The first kappa shape index (κ1) is 31.7. The summed E-state index contributed by atoms with van der Waals surface area (Å²) in [5.74, 6) is -2.42. The first-order valence-electron chi connectivity index (χ1n) is 14.2. The molecule has 1 fully saturated rings. The summed E-state index contributed by atoms with van der Waals surface area (Å²) < 4.78 is 11.0. The van der Waals surface area contributed by atoms with E-state index in [1.807, 2.05) is 6.08 Å². The van der Waals surface area contributed by atoms with E-state index in [1.165, 1.54) is 12.0 Å². The SMILES string of the molecule is CCC/C(=C\c1ccc(CO)o1)CC[C@@H](O)C1=C(COC)C[C@H]2C(=O)N(CCCCCC(=O)O)C(=O)[C@H]2[C@H]1CO. The summed E-state index contributed by atoms with van der Waals surface area (Å²) in [5.41, 5.74) is 2.41. The Kier molecular flexibility index (Phi) is 12.1. The van der Waals surface area contributed by atoms with E-state index in [2.05, 4.69) is 6.92 Å². The number of carboxylic acid groups (broad SMARTS) is 1. The number of likely N-dealkylation sites (tertiary alicyclic amines) is 1. The van der Waals surface area contributed by atoms with Gasteiger partial charge in [0.15, 0.2) is 0 Å². The Bertz CT molecular complexity index is 1090. The number of carbonyl (C=O) groups is 3. The Morgan fingerprint density at radius 2 is 1.93 bits per heavy atom. The van der Waals surface area contributed by atoms with E-state index >= 15 is 0 Å². The van der Waals surface area contributed by atoms with Crippen molar-refractivity contribution in [1.82, 2.24) is 4.90 Å². The van der Waals surface area contributed by atoms with Gasteiger partial charge in [0.2, 0.25) is 11.8 Å². The lowest BCUT2D eigenvalue weighted by Crippen LogP contribution is -2.39. The number of imide groups is 1. The number of fused-ring (bicyclic) bond motifs is 1. The van der Waals surface area contributed by atoms with Crippen LogP contribution in [0.25, 0.3) is 6.08 Å². The van der Waals surface area contributed by atoms with Crippen molar-refractivity contribution in [2.24, 2.45) is 17.8 Å². The molecular weight excluding hydrogens is 518 g/mol. The molecule has 2 heterocycles. The molecule has 1 aliphatic carbocycles. The summed E-state index contributed by atoms with van der Waals surface area (Å²) in [6, 6.07) is 3.51. The number of aliphatic carboxylic acids is 1.